The van der Waals surface area contributed by atoms with Gasteiger partial charge in [-0.2, -0.15) is 0 Å². The van der Waals surface area contributed by atoms with Gasteiger partial charge in [0.1, 0.15) is 0 Å². The molecule has 0 aliphatic heterocycles. The van der Waals surface area contributed by atoms with E-state index >= 15 is 0 Å². The Hall–Kier alpha value is 0.651. The quantitative estimate of drug-likeness (QED) is 0.543. The number of hydrogen-bond acceptors (Lipinski definition) is 0. The van der Waals surface area contributed by atoms with Crippen molar-refractivity contribution in [1.29, 1.82) is 0 Å². The Balaban J connectivity index is 3.40. The Kier molecular flexibility index (Phi) is 10.3. The van der Waals surface area contributed by atoms with Gasteiger partial charge in [-0.1, -0.05) is 58.2 Å². The summed E-state index contributed by atoms with van der Waals surface area (Å²) in [5.41, 5.74) is 0. The van der Waals surface area contributed by atoms with E-state index in [1.165, 1.54) is 19.3 Å². The monoisotopic (exact) mass is 218 g/mol. The first-order valence-electron chi connectivity index (χ1n) is 5.85. The molecule has 0 radical (unpaired) electrons. The lowest BCUT2D eigenvalue weighted by Gasteiger charge is -2.11. The second-order valence-electron chi connectivity index (χ2n) is 3.94. The standard InChI is InChI=1S/C9H26Si3/c1-4-7-10-12(9-6-3)11-8-5-2/h12H,4-11H2,1-3H3. The molecule has 0 fully saturated rings. The normalized spacial score (nSPS) is 15.2. The first kappa shape index (κ1) is 12.7. The maximum atomic E-state index is 2.39. The van der Waals surface area contributed by atoms with Crippen LogP contribution < -0.4 is 0 Å². The van der Waals surface area contributed by atoms with Crippen LogP contribution in [0.1, 0.15) is 40.0 Å². The number of rotatable bonds is 8. The van der Waals surface area contributed by atoms with Gasteiger partial charge < -0.3 is 0 Å². The zero-order valence-electron chi connectivity index (χ0n) is 9.23. The summed E-state index contributed by atoms with van der Waals surface area (Å²) in [5.74, 6) is 0. The third kappa shape index (κ3) is 7.31. The molecule has 12 heavy (non-hydrogen) atoms. The molecule has 0 unspecified atom stereocenters. The molecule has 0 N–H and O–H groups in total. The molecule has 0 aromatic heterocycles. The van der Waals surface area contributed by atoms with E-state index in [9.17, 15) is 0 Å². The van der Waals surface area contributed by atoms with Crippen molar-refractivity contribution in [3.8, 4) is 0 Å². The van der Waals surface area contributed by atoms with Crippen LogP contribution in [0.25, 0.3) is 0 Å². The summed E-state index contributed by atoms with van der Waals surface area (Å²) in [6, 6.07) is 5.07. The Morgan fingerprint density at radius 3 is 1.67 bits per heavy atom. The molecule has 0 spiro atoms. The Bertz CT molecular complexity index is 77.8. The molecule has 0 nitrogen and oxygen atoms in total. The Morgan fingerprint density at radius 2 is 1.33 bits per heavy atom. The van der Waals surface area contributed by atoms with Crippen molar-refractivity contribution in [2.24, 2.45) is 0 Å². The van der Waals surface area contributed by atoms with E-state index in [0.717, 1.165) is 0 Å². The van der Waals surface area contributed by atoms with Crippen LogP contribution in [0.15, 0.2) is 0 Å². The van der Waals surface area contributed by atoms with Gasteiger partial charge in [0, 0.05) is 25.9 Å². The lowest BCUT2D eigenvalue weighted by molar-refractivity contribution is 1.06. The summed E-state index contributed by atoms with van der Waals surface area (Å²) in [7, 11) is 0.998. The molecule has 0 atom stereocenters. The minimum absolute atomic E-state index is 0.00870. The van der Waals surface area contributed by atoms with Crippen molar-refractivity contribution >= 4 is 25.9 Å². The molecule has 0 bridgehead atoms. The minimum Gasteiger partial charge on any atom is -0.0657 e. The van der Waals surface area contributed by atoms with Crippen molar-refractivity contribution in [1.82, 2.24) is 0 Å². The molecule has 0 aliphatic rings. The summed E-state index contributed by atoms with van der Waals surface area (Å²) < 4.78 is 0. The van der Waals surface area contributed by atoms with Gasteiger partial charge >= 0.3 is 0 Å². The lowest BCUT2D eigenvalue weighted by atomic mass is 10.6. The van der Waals surface area contributed by atoms with E-state index in [1.54, 1.807) is 18.1 Å². The molecule has 0 amide bonds. The summed E-state index contributed by atoms with van der Waals surface area (Å²) >= 11 is 0. The molecule has 0 saturated carbocycles. The first-order valence-corrected chi connectivity index (χ1v) is 15.2. The second-order valence-corrected chi connectivity index (χ2v) is 22.7. The summed E-state index contributed by atoms with van der Waals surface area (Å²) in [4.78, 5) is 0. The maximum absolute atomic E-state index is 2.39. The summed E-state index contributed by atoms with van der Waals surface area (Å²) in [5, 5.41) is 0. The highest BCUT2D eigenvalue weighted by Crippen LogP contribution is 2.01. The highest BCUT2D eigenvalue weighted by molar-refractivity contribution is 7.39. The van der Waals surface area contributed by atoms with Crippen LogP contribution >= 0.6 is 0 Å². The largest absolute Gasteiger partial charge is 0.0657 e. The molecule has 0 heterocycles. The van der Waals surface area contributed by atoms with E-state index in [4.69, 9.17) is 0 Å². The fraction of sp³-hybridized carbons (Fsp3) is 1.00. The highest BCUT2D eigenvalue weighted by atomic mass is 29.6. The van der Waals surface area contributed by atoms with Crippen LogP contribution in [0, 0.1) is 0 Å². The third-order valence-corrected chi connectivity index (χ3v) is 25.0. The fourth-order valence-electron chi connectivity index (χ4n) is 1.83. The van der Waals surface area contributed by atoms with Gasteiger partial charge in [-0.3, -0.25) is 0 Å². The fourth-order valence-corrected chi connectivity index (χ4v) is 24.2. The predicted molar refractivity (Wildman–Crippen MR) is 69.5 cm³/mol. The number of hydrogen-bond donors (Lipinski definition) is 0. The van der Waals surface area contributed by atoms with Crippen LogP contribution in [-0.2, 0) is 0 Å². The van der Waals surface area contributed by atoms with Crippen LogP contribution in [0.3, 0.4) is 0 Å². The highest BCUT2D eigenvalue weighted by Gasteiger charge is 2.08. The molecule has 3 heteroatoms. The van der Waals surface area contributed by atoms with E-state index in [1.807, 2.05) is 0 Å². The summed E-state index contributed by atoms with van der Waals surface area (Å²) in [6.45, 7) is 7.12. The van der Waals surface area contributed by atoms with Crippen molar-refractivity contribution in [3.63, 3.8) is 0 Å². The topological polar surface area (TPSA) is 0 Å². The molecule has 0 aliphatic carbocycles. The molecular formula is C9H26Si3. The summed E-state index contributed by atoms with van der Waals surface area (Å²) in [6.07, 6.45) is 4.48. The maximum Gasteiger partial charge on any atom is 0.0128 e. The minimum atomic E-state index is 0.00870. The van der Waals surface area contributed by atoms with Gasteiger partial charge in [-0.15, -0.1) is 0 Å². The Morgan fingerprint density at radius 1 is 0.833 bits per heavy atom. The second kappa shape index (κ2) is 9.74. The van der Waals surface area contributed by atoms with Gasteiger partial charge in [0.05, 0.1) is 0 Å². The molecule has 0 saturated heterocycles. The van der Waals surface area contributed by atoms with E-state index in [2.05, 4.69) is 20.8 Å². The average Bonchev–Trinajstić information content (AvgIpc) is 2.10. The molecule has 0 aromatic carbocycles. The average molecular weight is 219 g/mol. The van der Waals surface area contributed by atoms with Gasteiger partial charge in [-0.25, -0.2) is 0 Å². The van der Waals surface area contributed by atoms with Gasteiger partial charge in [0.15, 0.2) is 0 Å². The SMILES string of the molecule is CCC[SiH2][SiH](CCC)[SiH2]CCC. The van der Waals surface area contributed by atoms with Gasteiger partial charge in [-0.05, 0) is 0 Å². The third-order valence-electron chi connectivity index (χ3n) is 2.63. The lowest BCUT2D eigenvalue weighted by Crippen LogP contribution is -2.29. The zero-order chi connectivity index (χ0) is 9.23. The van der Waals surface area contributed by atoms with Crippen molar-refractivity contribution in [3.05, 3.63) is 0 Å². The van der Waals surface area contributed by atoms with Crippen molar-refractivity contribution in [2.75, 3.05) is 0 Å². The predicted octanol–water partition coefficient (Wildman–Crippen LogP) is 1.61. The first-order chi connectivity index (χ1) is 5.85. The van der Waals surface area contributed by atoms with Crippen LogP contribution in [0.5, 0.6) is 0 Å². The molecule has 0 rings (SSSR count). The van der Waals surface area contributed by atoms with Crippen molar-refractivity contribution in [2.45, 2.75) is 58.2 Å². The molecular weight excluding hydrogens is 192 g/mol. The van der Waals surface area contributed by atoms with Crippen molar-refractivity contribution < 1.29 is 0 Å². The molecule has 0 aromatic rings. The smallest absolute Gasteiger partial charge is 0.0128 e. The van der Waals surface area contributed by atoms with E-state index in [0.29, 0.717) is 18.1 Å². The zero-order valence-corrected chi connectivity index (χ0v) is 13.2. The molecule has 74 valence electrons. The van der Waals surface area contributed by atoms with Crippen LogP contribution in [0.4, 0.5) is 0 Å². The van der Waals surface area contributed by atoms with E-state index < -0.39 is 0 Å². The van der Waals surface area contributed by atoms with Gasteiger partial charge in [0.25, 0.3) is 0 Å². The van der Waals surface area contributed by atoms with Crippen LogP contribution in [0.2, 0.25) is 18.1 Å². The van der Waals surface area contributed by atoms with E-state index in [-0.39, 0.29) is 7.83 Å². The Labute approximate surface area is 84.4 Å². The van der Waals surface area contributed by atoms with Gasteiger partial charge in [0.2, 0.25) is 0 Å². The van der Waals surface area contributed by atoms with Crippen LogP contribution in [-0.4, -0.2) is 25.9 Å².